The lowest BCUT2D eigenvalue weighted by molar-refractivity contribution is 1.19. The van der Waals surface area contributed by atoms with Gasteiger partial charge in [0.15, 0.2) is 0 Å². The molecule has 15 heavy (non-hydrogen) atoms. The molecule has 0 radical (unpaired) electrons. The predicted octanol–water partition coefficient (Wildman–Crippen LogP) is 3.78. The molecule has 0 saturated carbocycles. The fourth-order valence-electron chi connectivity index (χ4n) is 2.37. The highest BCUT2D eigenvalue weighted by molar-refractivity contribution is 5.93. The van der Waals surface area contributed by atoms with E-state index in [1.807, 2.05) is 6.20 Å². The molecule has 0 aliphatic carbocycles. The van der Waals surface area contributed by atoms with Gasteiger partial charge in [-0.15, -0.1) is 0 Å². The maximum atomic E-state index is 4.45. The van der Waals surface area contributed by atoms with Crippen molar-refractivity contribution in [3.8, 4) is 0 Å². The molecule has 0 N–H and O–H groups in total. The summed E-state index contributed by atoms with van der Waals surface area (Å²) in [6.07, 6.45) is 1.97. The van der Waals surface area contributed by atoms with Crippen LogP contribution in [-0.4, -0.2) is 4.98 Å². The van der Waals surface area contributed by atoms with Crippen LogP contribution in [-0.2, 0) is 0 Å². The van der Waals surface area contributed by atoms with Crippen LogP contribution in [0.1, 0.15) is 27.9 Å². The third kappa shape index (κ3) is 1.43. The lowest BCUT2D eigenvalue weighted by atomic mass is 9.94. The summed E-state index contributed by atoms with van der Waals surface area (Å²) in [6, 6.07) is 2.27. The Balaban J connectivity index is 3.08. The molecule has 2 rings (SSSR count). The average molecular weight is 199 g/mol. The lowest BCUT2D eigenvalue weighted by Crippen LogP contribution is -1.95. The van der Waals surface area contributed by atoms with Crippen molar-refractivity contribution >= 4 is 10.8 Å². The van der Waals surface area contributed by atoms with Crippen LogP contribution in [0, 0.1) is 34.6 Å². The highest BCUT2D eigenvalue weighted by Crippen LogP contribution is 2.29. The highest BCUT2D eigenvalue weighted by atomic mass is 14.7. The van der Waals surface area contributed by atoms with E-state index in [-0.39, 0.29) is 0 Å². The van der Waals surface area contributed by atoms with Crippen molar-refractivity contribution in [2.24, 2.45) is 0 Å². The van der Waals surface area contributed by atoms with Crippen molar-refractivity contribution in [2.75, 3.05) is 0 Å². The SMILES string of the molecule is Cc1cc(C)c2c(C)cnc(C)c2c1C. The number of hydrogen-bond donors (Lipinski definition) is 0. The normalized spacial score (nSPS) is 11.0. The Bertz CT molecular complexity index is 539. The van der Waals surface area contributed by atoms with E-state index in [9.17, 15) is 0 Å². The third-order valence-corrected chi connectivity index (χ3v) is 3.25. The van der Waals surface area contributed by atoms with Crippen molar-refractivity contribution < 1.29 is 0 Å². The van der Waals surface area contributed by atoms with E-state index in [1.54, 1.807) is 0 Å². The van der Waals surface area contributed by atoms with Crippen LogP contribution in [0.2, 0.25) is 0 Å². The first-order chi connectivity index (χ1) is 7.02. The minimum absolute atomic E-state index is 1.14. The molecule has 0 saturated heterocycles. The Kier molecular flexibility index (Phi) is 2.26. The van der Waals surface area contributed by atoms with Gasteiger partial charge in [-0.25, -0.2) is 0 Å². The Morgan fingerprint density at radius 3 is 2.13 bits per heavy atom. The fourth-order valence-corrected chi connectivity index (χ4v) is 2.37. The molecular formula is C14H17N. The average Bonchev–Trinajstić information content (AvgIpc) is 2.18. The van der Waals surface area contributed by atoms with E-state index in [2.05, 4.69) is 45.7 Å². The van der Waals surface area contributed by atoms with Gasteiger partial charge in [-0.2, -0.15) is 0 Å². The van der Waals surface area contributed by atoms with E-state index >= 15 is 0 Å². The summed E-state index contributed by atoms with van der Waals surface area (Å²) in [6.45, 7) is 10.8. The smallest absolute Gasteiger partial charge is 0.0454 e. The van der Waals surface area contributed by atoms with Crippen LogP contribution in [0.3, 0.4) is 0 Å². The number of benzene rings is 1. The van der Waals surface area contributed by atoms with Gasteiger partial charge in [-0.1, -0.05) is 6.07 Å². The number of aryl methyl sites for hydroxylation is 5. The van der Waals surface area contributed by atoms with E-state index < -0.39 is 0 Å². The number of rotatable bonds is 0. The van der Waals surface area contributed by atoms with Gasteiger partial charge >= 0.3 is 0 Å². The second-order valence-corrected chi connectivity index (χ2v) is 4.41. The van der Waals surface area contributed by atoms with E-state index in [0.29, 0.717) is 0 Å². The predicted molar refractivity (Wildman–Crippen MR) is 65.4 cm³/mol. The Morgan fingerprint density at radius 2 is 1.47 bits per heavy atom. The molecule has 1 aromatic carbocycles. The molecule has 1 heteroatoms. The molecule has 1 nitrogen and oxygen atoms in total. The summed E-state index contributed by atoms with van der Waals surface area (Å²) in [7, 11) is 0. The number of aromatic nitrogens is 1. The number of nitrogens with zero attached hydrogens (tertiary/aromatic N) is 1. The third-order valence-electron chi connectivity index (χ3n) is 3.25. The summed E-state index contributed by atoms with van der Waals surface area (Å²) in [5, 5.41) is 2.72. The zero-order valence-corrected chi connectivity index (χ0v) is 10.1. The van der Waals surface area contributed by atoms with Crippen LogP contribution in [0.5, 0.6) is 0 Å². The van der Waals surface area contributed by atoms with Crippen molar-refractivity contribution in [2.45, 2.75) is 34.6 Å². The summed E-state index contributed by atoms with van der Waals surface area (Å²) in [5.74, 6) is 0. The van der Waals surface area contributed by atoms with E-state index in [0.717, 1.165) is 5.69 Å². The molecule has 1 heterocycles. The van der Waals surface area contributed by atoms with Gasteiger partial charge < -0.3 is 0 Å². The largest absolute Gasteiger partial charge is 0.261 e. The molecule has 2 aromatic rings. The Labute approximate surface area is 91.2 Å². The molecule has 1 aromatic heterocycles. The molecular weight excluding hydrogens is 182 g/mol. The number of hydrogen-bond acceptors (Lipinski definition) is 1. The van der Waals surface area contributed by atoms with Crippen molar-refractivity contribution in [1.29, 1.82) is 0 Å². The van der Waals surface area contributed by atoms with Crippen LogP contribution < -0.4 is 0 Å². The van der Waals surface area contributed by atoms with E-state index in [1.165, 1.54) is 33.0 Å². The van der Waals surface area contributed by atoms with Gasteiger partial charge in [0.25, 0.3) is 0 Å². The Morgan fingerprint density at radius 1 is 0.800 bits per heavy atom. The van der Waals surface area contributed by atoms with Crippen molar-refractivity contribution in [1.82, 2.24) is 4.98 Å². The minimum atomic E-state index is 1.14. The monoisotopic (exact) mass is 199 g/mol. The molecule has 0 amide bonds. The van der Waals surface area contributed by atoms with Crippen molar-refractivity contribution in [3.63, 3.8) is 0 Å². The quantitative estimate of drug-likeness (QED) is 0.629. The van der Waals surface area contributed by atoms with Gasteiger partial charge in [-0.3, -0.25) is 4.98 Å². The summed E-state index contributed by atoms with van der Waals surface area (Å²) in [4.78, 5) is 4.45. The van der Waals surface area contributed by atoms with Gasteiger partial charge in [0.2, 0.25) is 0 Å². The minimum Gasteiger partial charge on any atom is -0.261 e. The van der Waals surface area contributed by atoms with Gasteiger partial charge in [-0.05, 0) is 62.3 Å². The summed E-state index contributed by atoms with van der Waals surface area (Å²) >= 11 is 0. The maximum Gasteiger partial charge on any atom is 0.0454 e. The molecule has 0 atom stereocenters. The van der Waals surface area contributed by atoms with Crippen LogP contribution in [0.4, 0.5) is 0 Å². The maximum absolute atomic E-state index is 4.45. The highest BCUT2D eigenvalue weighted by Gasteiger charge is 2.09. The summed E-state index contributed by atoms with van der Waals surface area (Å²) in [5.41, 5.74) is 6.49. The zero-order valence-electron chi connectivity index (χ0n) is 10.1. The van der Waals surface area contributed by atoms with E-state index in [4.69, 9.17) is 0 Å². The standard InChI is InChI=1S/C14H17N/c1-8-6-9(2)13-10(3)7-15-12(5)14(13)11(8)4/h6-7H,1-5H3. The molecule has 0 fully saturated rings. The fraction of sp³-hybridized carbons (Fsp3) is 0.357. The molecule has 0 unspecified atom stereocenters. The van der Waals surface area contributed by atoms with Crippen LogP contribution in [0.25, 0.3) is 10.8 Å². The molecule has 0 spiro atoms. The van der Waals surface area contributed by atoms with Gasteiger partial charge in [0.1, 0.15) is 0 Å². The van der Waals surface area contributed by atoms with Gasteiger partial charge in [0.05, 0.1) is 0 Å². The zero-order chi connectivity index (χ0) is 11.2. The second kappa shape index (κ2) is 3.34. The first-order valence-corrected chi connectivity index (χ1v) is 5.35. The topological polar surface area (TPSA) is 12.9 Å². The molecule has 0 bridgehead atoms. The molecule has 0 aliphatic rings. The number of pyridine rings is 1. The lowest BCUT2D eigenvalue weighted by Gasteiger charge is -2.13. The first-order valence-electron chi connectivity index (χ1n) is 5.35. The summed E-state index contributed by atoms with van der Waals surface area (Å²) < 4.78 is 0. The first kappa shape index (κ1) is 10.2. The van der Waals surface area contributed by atoms with Crippen molar-refractivity contribution in [3.05, 3.63) is 40.2 Å². The molecule has 0 aliphatic heterocycles. The number of fused-ring (bicyclic) bond motifs is 1. The van der Waals surface area contributed by atoms with Crippen LogP contribution >= 0.6 is 0 Å². The van der Waals surface area contributed by atoms with Crippen LogP contribution in [0.15, 0.2) is 12.3 Å². The molecule has 78 valence electrons. The Hall–Kier alpha value is -1.37. The second-order valence-electron chi connectivity index (χ2n) is 4.41. The van der Waals surface area contributed by atoms with Gasteiger partial charge in [0, 0.05) is 17.3 Å².